The zero-order chi connectivity index (χ0) is 12.4. The first-order chi connectivity index (χ1) is 8.17. The Labute approximate surface area is 104 Å². The molecule has 1 N–H and O–H groups in total. The zero-order valence-corrected chi connectivity index (χ0v) is 10.9. The number of hydrogen-bond acceptors (Lipinski definition) is 5. The van der Waals surface area contributed by atoms with Crippen molar-refractivity contribution in [3.05, 3.63) is 28.0 Å². The van der Waals surface area contributed by atoms with Gasteiger partial charge in [-0.05, 0) is 13.8 Å². The number of aryl methyl sites for hydroxylation is 2. The van der Waals surface area contributed by atoms with E-state index in [9.17, 15) is 5.11 Å². The second-order valence-electron chi connectivity index (χ2n) is 3.60. The number of thiazole rings is 1. The van der Waals surface area contributed by atoms with E-state index < -0.39 is 6.10 Å². The Bertz CT molecular complexity index is 485. The number of aliphatic hydroxyl groups excluding tert-OH is 1. The molecule has 0 fully saturated rings. The van der Waals surface area contributed by atoms with Crippen molar-refractivity contribution in [2.45, 2.75) is 26.5 Å². The quantitative estimate of drug-likeness (QED) is 0.902. The fourth-order valence-electron chi connectivity index (χ4n) is 1.70. The molecule has 92 valence electrons. The molecule has 17 heavy (non-hydrogen) atoms. The van der Waals surface area contributed by atoms with Crippen LogP contribution in [0.2, 0.25) is 0 Å². The molecule has 6 heteroatoms. The maximum Gasteiger partial charge on any atom is 0.163 e. The molecule has 0 radical (unpaired) electrons. The lowest BCUT2D eigenvalue weighted by Crippen LogP contribution is -2.09. The first-order valence-corrected chi connectivity index (χ1v) is 6.19. The van der Waals surface area contributed by atoms with Crippen LogP contribution in [0.4, 0.5) is 0 Å². The van der Waals surface area contributed by atoms with E-state index in [1.54, 1.807) is 24.2 Å². The highest BCUT2D eigenvalue weighted by molar-refractivity contribution is 7.11. The van der Waals surface area contributed by atoms with Gasteiger partial charge >= 0.3 is 0 Å². The summed E-state index contributed by atoms with van der Waals surface area (Å²) in [6, 6.07) is 0. The van der Waals surface area contributed by atoms with Crippen LogP contribution in [0.3, 0.4) is 0 Å². The van der Waals surface area contributed by atoms with E-state index in [1.165, 1.54) is 11.3 Å². The van der Waals surface area contributed by atoms with Gasteiger partial charge in [-0.2, -0.15) is 5.10 Å². The van der Waals surface area contributed by atoms with E-state index in [4.69, 9.17) is 4.74 Å². The minimum Gasteiger partial charge on any atom is -0.493 e. The van der Waals surface area contributed by atoms with Crippen LogP contribution in [0.5, 0.6) is 5.75 Å². The normalized spacial score (nSPS) is 12.7. The van der Waals surface area contributed by atoms with Crippen molar-refractivity contribution in [1.29, 1.82) is 0 Å². The number of methoxy groups -OCH3 is 1. The average molecular weight is 253 g/mol. The Balaban J connectivity index is 2.41. The summed E-state index contributed by atoms with van der Waals surface area (Å²) in [5, 5.41) is 15.5. The standard InChI is InChI=1S/C11H15N3O2S/c1-4-14-10(8(16-3)5-13-14)11(15)9-6-12-7(2)17-9/h5-6,11,15H,4H2,1-3H3. The van der Waals surface area contributed by atoms with Crippen molar-refractivity contribution in [2.75, 3.05) is 7.11 Å². The Morgan fingerprint density at radius 1 is 1.53 bits per heavy atom. The Morgan fingerprint density at radius 3 is 2.82 bits per heavy atom. The number of nitrogens with zero attached hydrogens (tertiary/aromatic N) is 3. The molecule has 1 atom stereocenters. The molecule has 5 nitrogen and oxygen atoms in total. The molecule has 0 aliphatic heterocycles. The Hall–Kier alpha value is -1.40. The van der Waals surface area contributed by atoms with Crippen LogP contribution in [0.25, 0.3) is 0 Å². The van der Waals surface area contributed by atoms with Crippen LogP contribution >= 0.6 is 11.3 Å². The van der Waals surface area contributed by atoms with Gasteiger partial charge in [-0.25, -0.2) is 4.98 Å². The number of rotatable bonds is 4. The summed E-state index contributed by atoms with van der Waals surface area (Å²) in [6.07, 6.45) is 2.58. The Morgan fingerprint density at radius 2 is 2.29 bits per heavy atom. The van der Waals surface area contributed by atoms with Gasteiger partial charge in [0.15, 0.2) is 5.75 Å². The van der Waals surface area contributed by atoms with Crippen molar-refractivity contribution in [3.8, 4) is 5.75 Å². The summed E-state index contributed by atoms with van der Waals surface area (Å²) in [4.78, 5) is 4.95. The molecule has 2 aromatic rings. The molecule has 2 rings (SSSR count). The van der Waals surface area contributed by atoms with Gasteiger partial charge in [0.05, 0.1) is 23.2 Å². The molecule has 0 spiro atoms. The van der Waals surface area contributed by atoms with Crippen molar-refractivity contribution in [3.63, 3.8) is 0 Å². The fraction of sp³-hybridized carbons (Fsp3) is 0.455. The van der Waals surface area contributed by atoms with Gasteiger partial charge in [0.2, 0.25) is 0 Å². The van der Waals surface area contributed by atoms with E-state index >= 15 is 0 Å². The highest BCUT2D eigenvalue weighted by atomic mass is 32.1. The van der Waals surface area contributed by atoms with Gasteiger partial charge in [-0.3, -0.25) is 4.68 Å². The third kappa shape index (κ3) is 2.18. The van der Waals surface area contributed by atoms with Gasteiger partial charge in [-0.1, -0.05) is 0 Å². The summed E-state index contributed by atoms with van der Waals surface area (Å²) in [5.41, 5.74) is 0.679. The number of aromatic nitrogens is 3. The van der Waals surface area contributed by atoms with Gasteiger partial charge in [0.25, 0.3) is 0 Å². The van der Waals surface area contributed by atoms with Crippen molar-refractivity contribution in [2.24, 2.45) is 0 Å². The largest absolute Gasteiger partial charge is 0.493 e. The molecule has 0 bridgehead atoms. The molecular weight excluding hydrogens is 238 g/mol. The average Bonchev–Trinajstić information content (AvgIpc) is 2.93. The maximum absolute atomic E-state index is 10.3. The second kappa shape index (κ2) is 4.85. The minimum atomic E-state index is -0.737. The molecule has 1 unspecified atom stereocenters. The van der Waals surface area contributed by atoms with Crippen LogP contribution < -0.4 is 4.74 Å². The molecule has 0 amide bonds. The van der Waals surface area contributed by atoms with Gasteiger partial charge in [0.1, 0.15) is 11.8 Å². The monoisotopic (exact) mass is 253 g/mol. The van der Waals surface area contributed by atoms with E-state index in [1.807, 2.05) is 13.8 Å². The second-order valence-corrected chi connectivity index (χ2v) is 4.86. The number of hydrogen-bond donors (Lipinski definition) is 1. The lowest BCUT2D eigenvalue weighted by Gasteiger charge is -2.12. The molecular formula is C11H15N3O2S. The van der Waals surface area contributed by atoms with Gasteiger partial charge < -0.3 is 9.84 Å². The molecule has 0 aliphatic rings. The van der Waals surface area contributed by atoms with E-state index in [-0.39, 0.29) is 0 Å². The van der Waals surface area contributed by atoms with E-state index in [0.29, 0.717) is 18.0 Å². The summed E-state index contributed by atoms with van der Waals surface area (Å²) >= 11 is 1.47. The Kier molecular flexibility index (Phi) is 3.44. The van der Waals surface area contributed by atoms with Crippen LogP contribution in [0.1, 0.15) is 28.6 Å². The smallest absolute Gasteiger partial charge is 0.163 e. The zero-order valence-electron chi connectivity index (χ0n) is 10.0. The first kappa shape index (κ1) is 12.1. The van der Waals surface area contributed by atoms with E-state index in [2.05, 4.69) is 10.1 Å². The number of ether oxygens (including phenoxy) is 1. The van der Waals surface area contributed by atoms with E-state index in [0.717, 1.165) is 9.88 Å². The van der Waals surface area contributed by atoms with Crippen LogP contribution in [-0.2, 0) is 6.54 Å². The molecule has 2 aromatic heterocycles. The van der Waals surface area contributed by atoms with Crippen LogP contribution in [0.15, 0.2) is 12.4 Å². The third-order valence-electron chi connectivity index (χ3n) is 2.53. The number of aliphatic hydroxyl groups is 1. The molecule has 0 saturated carbocycles. The summed E-state index contributed by atoms with van der Waals surface area (Å²) < 4.78 is 6.95. The van der Waals surface area contributed by atoms with Crippen molar-refractivity contribution in [1.82, 2.24) is 14.8 Å². The molecule has 0 saturated heterocycles. The van der Waals surface area contributed by atoms with Crippen LogP contribution in [-0.4, -0.2) is 27.0 Å². The fourth-order valence-corrected chi connectivity index (χ4v) is 2.48. The van der Waals surface area contributed by atoms with Gasteiger partial charge in [0, 0.05) is 12.7 Å². The molecule has 0 aromatic carbocycles. The predicted octanol–water partition coefficient (Wildman–Crippen LogP) is 1.76. The minimum absolute atomic E-state index is 0.602. The highest BCUT2D eigenvalue weighted by Gasteiger charge is 2.22. The topological polar surface area (TPSA) is 60.2 Å². The third-order valence-corrected chi connectivity index (χ3v) is 3.50. The van der Waals surface area contributed by atoms with Crippen LogP contribution in [0, 0.1) is 6.92 Å². The van der Waals surface area contributed by atoms with Crippen molar-refractivity contribution < 1.29 is 9.84 Å². The highest BCUT2D eigenvalue weighted by Crippen LogP contribution is 2.32. The summed E-state index contributed by atoms with van der Waals surface area (Å²) in [6.45, 7) is 4.57. The predicted molar refractivity (Wildman–Crippen MR) is 65.4 cm³/mol. The molecule has 2 heterocycles. The lowest BCUT2D eigenvalue weighted by atomic mass is 10.2. The van der Waals surface area contributed by atoms with Gasteiger partial charge in [-0.15, -0.1) is 11.3 Å². The summed E-state index contributed by atoms with van der Waals surface area (Å²) in [5.74, 6) is 0.602. The SMILES string of the molecule is CCn1ncc(OC)c1C(O)c1cnc(C)s1. The first-order valence-electron chi connectivity index (χ1n) is 5.37. The maximum atomic E-state index is 10.3. The lowest BCUT2D eigenvalue weighted by molar-refractivity contribution is 0.206. The van der Waals surface area contributed by atoms with Crippen molar-refractivity contribution >= 4 is 11.3 Å². The summed E-state index contributed by atoms with van der Waals surface area (Å²) in [7, 11) is 1.57. The molecule has 0 aliphatic carbocycles.